The molecule has 5 atom stereocenters. The van der Waals surface area contributed by atoms with E-state index in [0.29, 0.717) is 31.9 Å². The van der Waals surface area contributed by atoms with E-state index in [1.54, 1.807) is 31.2 Å². The number of carbonyl (C=O) groups excluding carboxylic acids is 1. The number of allylic oxidation sites excluding steroid dienone is 1. The van der Waals surface area contributed by atoms with Gasteiger partial charge in [-0.25, -0.2) is 13.1 Å². The van der Waals surface area contributed by atoms with Crippen LogP contribution < -0.4 is 14.4 Å². The topological polar surface area (TPSA) is 95.9 Å². The van der Waals surface area contributed by atoms with Gasteiger partial charge in [0.05, 0.1) is 23.6 Å². The van der Waals surface area contributed by atoms with Crippen LogP contribution in [0.15, 0.2) is 61.7 Å². The Labute approximate surface area is 254 Å². The molecule has 2 N–H and O–H groups in total. The maximum absolute atomic E-state index is 13.2. The van der Waals surface area contributed by atoms with Crippen molar-refractivity contribution in [1.29, 1.82) is 0 Å². The highest BCUT2D eigenvalue weighted by Gasteiger charge is 2.44. The van der Waals surface area contributed by atoms with Crippen LogP contribution in [0.5, 0.6) is 5.75 Å². The summed E-state index contributed by atoms with van der Waals surface area (Å²) in [6, 6.07) is 11.3. The average molecular weight is 613 g/mol. The standard InChI is InChI=1S/C33H41ClN2O5S/c1-4-7-22(3)42(39,40)35-32(38)24-11-15-31-29(18-24)36(19-25-10-13-27(25)30(37)8-5-2)20-33(21-41-31)16-6-9-23-17-26(34)12-14-28(23)33/h4-5,11-12,14-15,17-18,22,25,27,30,37H,1-2,6-10,13,16,19-21H2,3H3,(H,35,38)/t22-,25+,27-,30+,33+/m1/s1. The van der Waals surface area contributed by atoms with Crippen LogP contribution in [0.4, 0.5) is 5.69 Å². The Hall–Kier alpha value is -2.81. The Bertz CT molecular complexity index is 1460. The molecular formula is C33H41ClN2O5S. The molecule has 2 aliphatic carbocycles. The van der Waals surface area contributed by atoms with E-state index in [2.05, 4.69) is 34.9 Å². The van der Waals surface area contributed by atoms with Gasteiger partial charge in [0.25, 0.3) is 5.91 Å². The lowest BCUT2D eigenvalue weighted by Crippen LogP contribution is -2.49. The zero-order valence-electron chi connectivity index (χ0n) is 24.2. The Kier molecular flexibility index (Phi) is 9.07. The number of rotatable bonds is 10. The van der Waals surface area contributed by atoms with Gasteiger partial charge in [0, 0.05) is 29.1 Å². The number of sulfonamides is 1. The first-order valence-electron chi connectivity index (χ1n) is 14.8. The van der Waals surface area contributed by atoms with Gasteiger partial charge in [0.2, 0.25) is 10.0 Å². The summed E-state index contributed by atoms with van der Waals surface area (Å²) in [6.45, 7) is 10.8. The van der Waals surface area contributed by atoms with Gasteiger partial charge in [0.1, 0.15) is 5.75 Å². The van der Waals surface area contributed by atoms with Crippen molar-refractivity contribution >= 4 is 33.2 Å². The predicted molar refractivity (Wildman–Crippen MR) is 168 cm³/mol. The van der Waals surface area contributed by atoms with Crippen molar-refractivity contribution in [2.24, 2.45) is 11.8 Å². The number of aliphatic hydroxyl groups excluding tert-OH is 1. The highest BCUT2D eigenvalue weighted by atomic mass is 35.5. The van der Waals surface area contributed by atoms with Gasteiger partial charge in [-0.2, -0.15) is 0 Å². The molecule has 7 nitrogen and oxygen atoms in total. The summed E-state index contributed by atoms with van der Waals surface area (Å²) in [6.07, 6.45) is 8.55. The van der Waals surface area contributed by atoms with E-state index in [1.165, 1.54) is 17.2 Å². The Balaban J connectivity index is 1.50. The molecule has 0 aromatic heterocycles. The van der Waals surface area contributed by atoms with Gasteiger partial charge in [0.15, 0.2) is 0 Å². The number of carbonyl (C=O) groups is 1. The van der Waals surface area contributed by atoms with Crippen LogP contribution in [0.25, 0.3) is 0 Å². The van der Waals surface area contributed by atoms with Crippen LogP contribution in [-0.4, -0.2) is 50.5 Å². The highest BCUT2D eigenvalue weighted by molar-refractivity contribution is 7.90. The molecule has 9 heteroatoms. The van der Waals surface area contributed by atoms with E-state index >= 15 is 0 Å². The quantitative estimate of drug-likeness (QED) is 0.329. The summed E-state index contributed by atoms with van der Waals surface area (Å²) in [5.41, 5.74) is 3.22. The second kappa shape index (κ2) is 12.4. The number of nitrogens with zero attached hydrogens (tertiary/aromatic N) is 1. The molecule has 1 fully saturated rings. The fourth-order valence-corrected chi connectivity index (χ4v) is 8.02. The second-order valence-corrected chi connectivity index (χ2v) is 14.7. The number of halogens is 1. The van der Waals surface area contributed by atoms with Crippen molar-refractivity contribution in [2.75, 3.05) is 24.6 Å². The number of ether oxygens (including phenoxy) is 1. The molecular weight excluding hydrogens is 572 g/mol. The van der Waals surface area contributed by atoms with Crippen LogP contribution in [0.2, 0.25) is 5.02 Å². The molecule has 2 aromatic carbocycles. The lowest BCUT2D eigenvalue weighted by molar-refractivity contribution is 0.0178. The highest BCUT2D eigenvalue weighted by Crippen LogP contribution is 2.46. The molecule has 1 heterocycles. The normalized spacial score (nSPS) is 24.7. The monoisotopic (exact) mass is 612 g/mol. The van der Waals surface area contributed by atoms with E-state index in [1.807, 2.05) is 6.07 Å². The lowest BCUT2D eigenvalue weighted by atomic mass is 9.68. The maximum Gasteiger partial charge on any atom is 0.264 e. The fraction of sp³-hybridized carbons (Fsp3) is 0.485. The summed E-state index contributed by atoms with van der Waals surface area (Å²) in [5.74, 6) is 0.434. The summed E-state index contributed by atoms with van der Waals surface area (Å²) < 4.78 is 34.2. The molecule has 1 amide bonds. The third kappa shape index (κ3) is 6.12. The molecule has 0 unspecified atom stereocenters. The van der Waals surface area contributed by atoms with Gasteiger partial charge in [-0.1, -0.05) is 29.8 Å². The number of benzene rings is 2. The van der Waals surface area contributed by atoms with Crippen LogP contribution in [-0.2, 0) is 21.9 Å². The molecule has 5 rings (SSSR count). The smallest absolute Gasteiger partial charge is 0.264 e. The third-order valence-electron chi connectivity index (χ3n) is 9.40. The number of fused-ring (bicyclic) bond motifs is 3. The number of hydrogen-bond acceptors (Lipinski definition) is 6. The molecule has 1 spiro atoms. The Morgan fingerprint density at radius 3 is 2.71 bits per heavy atom. The number of hydrogen-bond donors (Lipinski definition) is 2. The fourth-order valence-electron chi connectivity index (χ4n) is 6.86. The number of anilines is 1. The van der Waals surface area contributed by atoms with Gasteiger partial charge in [-0.15, -0.1) is 13.2 Å². The first kappa shape index (κ1) is 30.6. The Morgan fingerprint density at radius 2 is 2.00 bits per heavy atom. The molecule has 2 aromatic rings. The molecule has 1 saturated carbocycles. The van der Waals surface area contributed by atoms with Gasteiger partial charge in [-0.05, 0) is 105 Å². The molecule has 0 saturated heterocycles. The van der Waals surface area contributed by atoms with E-state index in [4.69, 9.17) is 16.3 Å². The molecule has 0 bridgehead atoms. The number of aryl methyl sites for hydroxylation is 1. The minimum Gasteiger partial charge on any atom is -0.490 e. The number of amides is 1. The van der Waals surface area contributed by atoms with Crippen molar-refractivity contribution in [3.63, 3.8) is 0 Å². The van der Waals surface area contributed by atoms with Crippen molar-refractivity contribution in [2.45, 2.75) is 68.6 Å². The van der Waals surface area contributed by atoms with Crippen molar-refractivity contribution in [3.05, 3.63) is 83.4 Å². The van der Waals surface area contributed by atoms with Crippen molar-refractivity contribution < 1.29 is 23.1 Å². The van der Waals surface area contributed by atoms with E-state index < -0.39 is 27.3 Å². The largest absolute Gasteiger partial charge is 0.490 e. The molecule has 3 aliphatic rings. The number of nitrogens with one attached hydrogen (secondary N) is 1. The summed E-state index contributed by atoms with van der Waals surface area (Å²) in [4.78, 5) is 15.5. The third-order valence-corrected chi connectivity index (χ3v) is 11.4. The van der Waals surface area contributed by atoms with Gasteiger partial charge < -0.3 is 14.7 Å². The number of aliphatic hydroxyl groups is 1. The van der Waals surface area contributed by atoms with E-state index in [-0.39, 0.29) is 29.2 Å². The summed E-state index contributed by atoms with van der Waals surface area (Å²) in [5, 5.41) is 10.7. The lowest BCUT2D eigenvalue weighted by Gasteiger charge is -2.45. The van der Waals surface area contributed by atoms with Crippen molar-refractivity contribution in [1.82, 2.24) is 4.72 Å². The van der Waals surface area contributed by atoms with Crippen LogP contribution >= 0.6 is 11.6 Å². The molecule has 0 radical (unpaired) electrons. The minimum atomic E-state index is -3.87. The zero-order chi connectivity index (χ0) is 30.1. The minimum absolute atomic E-state index is 0.173. The summed E-state index contributed by atoms with van der Waals surface area (Å²) >= 11 is 6.38. The maximum atomic E-state index is 13.2. The van der Waals surface area contributed by atoms with Crippen LogP contribution in [0.3, 0.4) is 0 Å². The van der Waals surface area contributed by atoms with Crippen LogP contribution in [0, 0.1) is 11.8 Å². The first-order valence-corrected chi connectivity index (χ1v) is 16.8. The SMILES string of the molecule is C=CC[C@@H](C)S(=O)(=O)NC(=O)c1ccc2c(c1)N(C[C@@H]1CC[C@H]1[C@@H](O)CC=C)C[C@@]1(CCCc3cc(Cl)ccc31)CO2. The van der Waals surface area contributed by atoms with E-state index in [0.717, 1.165) is 42.8 Å². The predicted octanol–water partition coefficient (Wildman–Crippen LogP) is 5.80. The zero-order valence-corrected chi connectivity index (χ0v) is 25.8. The second-order valence-electron chi connectivity index (χ2n) is 12.2. The first-order chi connectivity index (χ1) is 20.1. The molecule has 1 aliphatic heterocycles. The summed E-state index contributed by atoms with van der Waals surface area (Å²) in [7, 11) is -3.87. The van der Waals surface area contributed by atoms with Gasteiger partial charge in [-0.3, -0.25) is 4.79 Å². The van der Waals surface area contributed by atoms with Crippen LogP contribution in [0.1, 0.15) is 66.9 Å². The van der Waals surface area contributed by atoms with Crippen molar-refractivity contribution in [3.8, 4) is 5.75 Å². The molecule has 42 heavy (non-hydrogen) atoms. The van der Waals surface area contributed by atoms with E-state index in [9.17, 15) is 18.3 Å². The van der Waals surface area contributed by atoms with Gasteiger partial charge >= 0.3 is 0 Å². The molecule has 226 valence electrons. The average Bonchev–Trinajstić information content (AvgIpc) is 3.08. The Morgan fingerprint density at radius 1 is 1.21 bits per heavy atom.